The van der Waals surface area contributed by atoms with Crippen molar-refractivity contribution in [3.63, 3.8) is 0 Å². The number of nitriles is 1. The maximum Gasteiger partial charge on any atom is 0.294 e. The topological polar surface area (TPSA) is 111 Å². The standard InChI is InChI=1S/C20H25N3O4S/c1-19(2)8-16-9-20(3,12-19)13-23(16)11-14(10-21)18(24)22-15-4-6-17(7-5-15)28(25,26)27/h4-7,11,16H,8-9,12-13H2,1-3H3,(H,22,24)(H,25,26,27)/b14-11-. The highest BCUT2D eigenvalue weighted by Crippen LogP contribution is 2.52. The van der Waals surface area contributed by atoms with Crippen LogP contribution in [-0.4, -0.2) is 36.4 Å². The molecular formula is C20H25N3O4S. The van der Waals surface area contributed by atoms with E-state index in [4.69, 9.17) is 4.55 Å². The van der Waals surface area contributed by atoms with Crippen LogP contribution in [0.25, 0.3) is 0 Å². The molecule has 1 aliphatic heterocycles. The number of carbonyl (C=O) groups is 1. The average Bonchev–Trinajstić information content (AvgIpc) is 2.80. The molecule has 28 heavy (non-hydrogen) atoms. The number of anilines is 1. The van der Waals surface area contributed by atoms with Gasteiger partial charge in [0.25, 0.3) is 16.0 Å². The molecule has 2 aliphatic rings. The number of likely N-dealkylation sites (tertiary alicyclic amines) is 1. The van der Waals surface area contributed by atoms with Gasteiger partial charge in [0.15, 0.2) is 0 Å². The van der Waals surface area contributed by atoms with E-state index < -0.39 is 16.0 Å². The molecule has 1 aromatic carbocycles. The number of hydrogen-bond donors (Lipinski definition) is 2. The first-order valence-electron chi connectivity index (χ1n) is 9.17. The molecule has 1 heterocycles. The van der Waals surface area contributed by atoms with Crippen molar-refractivity contribution in [1.29, 1.82) is 5.26 Å². The maximum atomic E-state index is 12.5. The van der Waals surface area contributed by atoms with Crippen molar-refractivity contribution in [3.8, 4) is 6.07 Å². The molecule has 1 saturated heterocycles. The van der Waals surface area contributed by atoms with Gasteiger partial charge in [-0.15, -0.1) is 0 Å². The second-order valence-corrected chi connectivity index (χ2v) is 10.4. The van der Waals surface area contributed by atoms with E-state index in [0.717, 1.165) is 25.8 Å². The molecule has 8 heteroatoms. The largest absolute Gasteiger partial charge is 0.373 e. The highest BCUT2D eigenvalue weighted by molar-refractivity contribution is 7.85. The fraction of sp³-hybridized carbons (Fsp3) is 0.500. The van der Waals surface area contributed by atoms with E-state index in [1.165, 1.54) is 24.3 Å². The number of amides is 1. The monoisotopic (exact) mass is 403 g/mol. The van der Waals surface area contributed by atoms with E-state index in [9.17, 15) is 18.5 Å². The zero-order chi connectivity index (χ0) is 20.7. The van der Waals surface area contributed by atoms with Crippen LogP contribution in [0.1, 0.15) is 40.0 Å². The Morgan fingerprint density at radius 2 is 1.93 bits per heavy atom. The van der Waals surface area contributed by atoms with Gasteiger partial charge in [-0.25, -0.2) is 0 Å². The lowest BCUT2D eigenvalue weighted by molar-refractivity contribution is -0.112. The quantitative estimate of drug-likeness (QED) is 0.454. The van der Waals surface area contributed by atoms with E-state index in [1.54, 1.807) is 6.20 Å². The predicted molar refractivity (Wildman–Crippen MR) is 105 cm³/mol. The van der Waals surface area contributed by atoms with Gasteiger partial charge in [0.05, 0.1) is 4.90 Å². The number of nitrogens with zero attached hydrogens (tertiary/aromatic N) is 2. The van der Waals surface area contributed by atoms with Crippen molar-refractivity contribution in [1.82, 2.24) is 4.90 Å². The van der Waals surface area contributed by atoms with E-state index in [1.807, 2.05) is 6.07 Å². The number of hydrogen-bond acceptors (Lipinski definition) is 5. The van der Waals surface area contributed by atoms with E-state index in [0.29, 0.717) is 11.7 Å². The van der Waals surface area contributed by atoms with Crippen LogP contribution in [-0.2, 0) is 14.9 Å². The lowest BCUT2D eigenvalue weighted by atomic mass is 9.65. The van der Waals surface area contributed by atoms with Crippen molar-refractivity contribution in [2.45, 2.75) is 51.0 Å². The molecule has 0 spiro atoms. The number of rotatable bonds is 4. The second-order valence-electron chi connectivity index (χ2n) is 8.99. The molecule has 2 bridgehead atoms. The van der Waals surface area contributed by atoms with Crippen LogP contribution in [0, 0.1) is 22.2 Å². The fourth-order valence-electron chi connectivity index (χ4n) is 4.87. The van der Waals surface area contributed by atoms with Crippen LogP contribution in [0.5, 0.6) is 0 Å². The number of nitrogens with one attached hydrogen (secondary N) is 1. The Labute approximate surface area is 165 Å². The summed E-state index contributed by atoms with van der Waals surface area (Å²) < 4.78 is 31.2. The van der Waals surface area contributed by atoms with Crippen LogP contribution in [0.3, 0.4) is 0 Å². The van der Waals surface area contributed by atoms with Crippen LogP contribution in [0.2, 0.25) is 0 Å². The molecule has 3 rings (SSSR count). The van der Waals surface area contributed by atoms with Crippen LogP contribution < -0.4 is 5.32 Å². The smallest absolute Gasteiger partial charge is 0.294 e. The van der Waals surface area contributed by atoms with Crippen molar-refractivity contribution in [2.75, 3.05) is 11.9 Å². The Bertz CT molecular complexity index is 960. The third-order valence-electron chi connectivity index (χ3n) is 5.53. The average molecular weight is 404 g/mol. The molecule has 7 nitrogen and oxygen atoms in total. The minimum Gasteiger partial charge on any atom is -0.373 e. The minimum absolute atomic E-state index is 0.00723. The van der Waals surface area contributed by atoms with E-state index in [-0.39, 0.29) is 21.3 Å². The van der Waals surface area contributed by atoms with Gasteiger partial charge in [0.2, 0.25) is 0 Å². The number of benzene rings is 1. The highest BCUT2D eigenvalue weighted by atomic mass is 32.2. The fourth-order valence-corrected chi connectivity index (χ4v) is 5.35. The second kappa shape index (κ2) is 6.90. The first-order valence-corrected chi connectivity index (χ1v) is 10.6. The minimum atomic E-state index is -4.29. The summed E-state index contributed by atoms with van der Waals surface area (Å²) in [4.78, 5) is 14.4. The molecule has 1 aliphatic carbocycles. The molecule has 1 aromatic rings. The zero-order valence-corrected chi connectivity index (χ0v) is 17.1. The first-order chi connectivity index (χ1) is 12.9. The van der Waals surface area contributed by atoms with Crippen LogP contribution >= 0.6 is 0 Å². The molecule has 2 unspecified atom stereocenters. The summed E-state index contributed by atoms with van der Waals surface area (Å²) in [6, 6.07) is 7.39. The summed E-state index contributed by atoms with van der Waals surface area (Å²) in [5, 5.41) is 12.1. The summed E-state index contributed by atoms with van der Waals surface area (Å²) in [5.74, 6) is -0.548. The Morgan fingerprint density at radius 1 is 1.29 bits per heavy atom. The molecule has 0 radical (unpaired) electrons. The molecule has 1 amide bonds. The summed E-state index contributed by atoms with van der Waals surface area (Å²) in [7, 11) is -4.29. The summed E-state index contributed by atoms with van der Waals surface area (Å²) in [6.07, 6.45) is 4.86. The molecule has 0 aromatic heterocycles. The summed E-state index contributed by atoms with van der Waals surface area (Å²) in [5.41, 5.74) is 0.773. The highest BCUT2D eigenvalue weighted by Gasteiger charge is 2.48. The number of fused-ring (bicyclic) bond motifs is 2. The molecular weight excluding hydrogens is 378 g/mol. The Hall–Kier alpha value is -2.37. The third-order valence-corrected chi connectivity index (χ3v) is 6.39. The Balaban J connectivity index is 1.75. The summed E-state index contributed by atoms with van der Waals surface area (Å²) >= 11 is 0. The van der Waals surface area contributed by atoms with E-state index >= 15 is 0 Å². The molecule has 150 valence electrons. The van der Waals surface area contributed by atoms with Crippen LogP contribution in [0.15, 0.2) is 40.9 Å². The van der Waals surface area contributed by atoms with Gasteiger partial charge >= 0.3 is 0 Å². The molecule has 2 atom stereocenters. The van der Waals surface area contributed by atoms with Gasteiger partial charge in [0, 0.05) is 24.5 Å². The van der Waals surface area contributed by atoms with Crippen molar-refractivity contribution < 1.29 is 17.8 Å². The first kappa shape index (κ1) is 20.4. The molecule has 2 fully saturated rings. The Morgan fingerprint density at radius 3 is 2.50 bits per heavy atom. The Kier molecular flexibility index (Phi) is 5.02. The normalized spacial score (nSPS) is 26.6. The van der Waals surface area contributed by atoms with Crippen molar-refractivity contribution >= 4 is 21.7 Å². The summed E-state index contributed by atoms with van der Waals surface area (Å²) in [6.45, 7) is 7.61. The van der Waals surface area contributed by atoms with Gasteiger partial charge in [-0.3, -0.25) is 9.35 Å². The van der Waals surface area contributed by atoms with Crippen molar-refractivity contribution in [3.05, 3.63) is 36.0 Å². The number of carbonyl (C=O) groups excluding carboxylic acids is 1. The van der Waals surface area contributed by atoms with Crippen LogP contribution in [0.4, 0.5) is 5.69 Å². The van der Waals surface area contributed by atoms with Gasteiger partial charge < -0.3 is 10.2 Å². The van der Waals surface area contributed by atoms with Gasteiger partial charge in [0.1, 0.15) is 11.6 Å². The lowest BCUT2D eigenvalue weighted by Gasteiger charge is -2.39. The molecule has 1 saturated carbocycles. The van der Waals surface area contributed by atoms with Gasteiger partial charge in [-0.2, -0.15) is 13.7 Å². The lowest BCUT2D eigenvalue weighted by Crippen LogP contribution is -2.33. The predicted octanol–water partition coefficient (Wildman–Crippen LogP) is 3.18. The van der Waals surface area contributed by atoms with E-state index in [2.05, 4.69) is 31.0 Å². The maximum absolute atomic E-state index is 12.5. The zero-order valence-electron chi connectivity index (χ0n) is 16.3. The SMILES string of the molecule is CC1(C)CC2CC(C)(CN2/C=C(/C#N)C(=O)Nc2ccc(S(=O)(=O)O)cc2)C1. The third kappa shape index (κ3) is 4.37. The van der Waals surface area contributed by atoms with Gasteiger partial charge in [-0.05, 0) is 54.4 Å². The molecule has 2 N–H and O–H groups in total. The van der Waals surface area contributed by atoms with Gasteiger partial charge in [-0.1, -0.05) is 20.8 Å². The van der Waals surface area contributed by atoms with Crippen molar-refractivity contribution in [2.24, 2.45) is 10.8 Å².